The van der Waals surface area contributed by atoms with Crippen LogP contribution in [0.5, 0.6) is 5.75 Å². The molecule has 7 heteroatoms. The molecule has 1 atom stereocenters. The first-order chi connectivity index (χ1) is 13.3. The maximum atomic E-state index is 12.4. The summed E-state index contributed by atoms with van der Waals surface area (Å²) in [6.07, 6.45) is 2.39. The van der Waals surface area contributed by atoms with Crippen LogP contribution in [0.15, 0.2) is 52.5 Å². The zero-order valence-electron chi connectivity index (χ0n) is 15.4. The number of nitrogens with zero attached hydrogens (tertiary/aromatic N) is 1. The van der Waals surface area contributed by atoms with Crippen LogP contribution in [0.25, 0.3) is 6.08 Å². The topological polar surface area (TPSA) is 99.4 Å². The smallest absolute Gasteiger partial charge is 0.335 e. The number of nitrogens with one attached hydrogen (secondary N) is 1. The molecule has 0 aliphatic carbocycles. The molecule has 0 bridgehead atoms. The predicted octanol–water partition coefficient (Wildman–Crippen LogP) is 4.87. The van der Waals surface area contributed by atoms with Crippen molar-refractivity contribution in [1.29, 1.82) is 5.26 Å². The van der Waals surface area contributed by atoms with Crippen LogP contribution in [0.2, 0.25) is 0 Å². The number of hydrogen-bond acceptors (Lipinski definition) is 4. The van der Waals surface area contributed by atoms with Gasteiger partial charge in [-0.2, -0.15) is 5.26 Å². The molecule has 1 amide bonds. The molecule has 2 aromatic carbocycles. The van der Waals surface area contributed by atoms with E-state index in [2.05, 4.69) is 21.2 Å². The molecular formula is C21H19BrN2O4. The molecule has 0 unspecified atom stereocenters. The third kappa shape index (κ3) is 5.69. The van der Waals surface area contributed by atoms with Gasteiger partial charge in [-0.3, -0.25) is 4.79 Å². The van der Waals surface area contributed by atoms with Gasteiger partial charge in [-0.1, -0.05) is 19.1 Å². The van der Waals surface area contributed by atoms with Gasteiger partial charge in [0.25, 0.3) is 5.91 Å². The Morgan fingerprint density at radius 1 is 1.32 bits per heavy atom. The molecule has 6 nitrogen and oxygen atoms in total. The monoisotopic (exact) mass is 442 g/mol. The van der Waals surface area contributed by atoms with Gasteiger partial charge in [0.1, 0.15) is 17.4 Å². The number of carbonyl (C=O) groups excluding carboxylic acids is 1. The SMILES string of the molecule is CC[C@@H](C)Oc1ccc(/C=C(/C#N)C(=O)Nc2cccc(C(=O)O)c2)cc1Br. The van der Waals surface area contributed by atoms with E-state index in [1.54, 1.807) is 24.3 Å². The molecular weight excluding hydrogens is 424 g/mol. The number of carboxylic acids is 1. The Morgan fingerprint density at radius 2 is 2.07 bits per heavy atom. The fourth-order valence-corrected chi connectivity index (χ4v) is 2.74. The highest BCUT2D eigenvalue weighted by Crippen LogP contribution is 2.28. The Balaban J connectivity index is 2.20. The number of benzene rings is 2. The summed E-state index contributed by atoms with van der Waals surface area (Å²) in [5.74, 6) is -1.04. The number of carboxylic acid groups (broad SMARTS) is 1. The Hall–Kier alpha value is -3.11. The second-order valence-electron chi connectivity index (χ2n) is 6.04. The number of halogens is 1. The van der Waals surface area contributed by atoms with Crippen LogP contribution < -0.4 is 10.1 Å². The lowest BCUT2D eigenvalue weighted by Gasteiger charge is -2.14. The fraction of sp³-hybridized carbons (Fsp3) is 0.190. The number of ether oxygens (including phenoxy) is 1. The van der Waals surface area contributed by atoms with Gasteiger partial charge in [0.05, 0.1) is 16.1 Å². The summed E-state index contributed by atoms with van der Waals surface area (Å²) in [7, 11) is 0. The minimum absolute atomic E-state index is 0.0427. The van der Waals surface area contributed by atoms with E-state index in [9.17, 15) is 14.9 Å². The highest BCUT2D eigenvalue weighted by atomic mass is 79.9. The minimum Gasteiger partial charge on any atom is -0.490 e. The van der Waals surface area contributed by atoms with Crippen LogP contribution in [-0.2, 0) is 4.79 Å². The van der Waals surface area contributed by atoms with E-state index < -0.39 is 11.9 Å². The van der Waals surface area contributed by atoms with Gasteiger partial charge < -0.3 is 15.2 Å². The number of aromatic carboxylic acids is 1. The molecule has 0 radical (unpaired) electrons. The number of hydrogen-bond donors (Lipinski definition) is 2. The molecule has 28 heavy (non-hydrogen) atoms. The third-order valence-electron chi connectivity index (χ3n) is 3.90. The molecule has 0 heterocycles. The van der Waals surface area contributed by atoms with Crippen molar-refractivity contribution in [3.63, 3.8) is 0 Å². The van der Waals surface area contributed by atoms with E-state index in [1.807, 2.05) is 19.9 Å². The van der Waals surface area contributed by atoms with Gasteiger partial charge in [-0.15, -0.1) is 0 Å². The first-order valence-electron chi connectivity index (χ1n) is 8.56. The zero-order valence-corrected chi connectivity index (χ0v) is 17.0. The highest BCUT2D eigenvalue weighted by Gasteiger charge is 2.12. The molecule has 0 aliphatic rings. The third-order valence-corrected chi connectivity index (χ3v) is 4.52. The Kier molecular flexibility index (Phi) is 7.36. The van der Waals surface area contributed by atoms with Crippen molar-refractivity contribution in [3.8, 4) is 11.8 Å². The Labute approximate surface area is 171 Å². The summed E-state index contributed by atoms with van der Waals surface area (Å²) in [4.78, 5) is 23.4. The molecule has 0 fully saturated rings. The summed E-state index contributed by atoms with van der Waals surface area (Å²) in [6.45, 7) is 4.00. The number of anilines is 1. The first kappa shape index (κ1) is 21.2. The quantitative estimate of drug-likeness (QED) is 0.470. The first-order valence-corrected chi connectivity index (χ1v) is 9.36. The van der Waals surface area contributed by atoms with Crippen molar-refractivity contribution in [1.82, 2.24) is 0 Å². The van der Waals surface area contributed by atoms with Gasteiger partial charge in [-0.05, 0) is 71.2 Å². The van der Waals surface area contributed by atoms with E-state index in [0.29, 0.717) is 21.5 Å². The Bertz CT molecular complexity index is 963. The van der Waals surface area contributed by atoms with E-state index in [0.717, 1.165) is 6.42 Å². The lowest BCUT2D eigenvalue weighted by molar-refractivity contribution is -0.112. The van der Waals surface area contributed by atoms with Gasteiger partial charge in [-0.25, -0.2) is 4.79 Å². The van der Waals surface area contributed by atoms with Crippen LogP contribution in [0, 0.1) is 11.3 Å². The number of rotatable bonds is 7. The predicted molar refractivity (Wildman–Crippen MR) is 110 cm³/mol. The van der Waals surface area contributed by atoms with Crippen molar-refractivity contribution in [2.45, 2.75) is 26.4 Å². The minimum atomic E-state index is -1.10. The summed E-state index contributed by atoms with van der Waals surface area (Å²) in [5.41, 5.74) is 0.878. The summed E-state index contributed by atoms with van der Waals surface area (Å²) < 4.78 is 6.49. The molecule has 2 aromatic rings. The zero-order chi connectivity index (χ0) is 20.7. The molecule has 0 spiro atoms. The summed E-state index contributed by atoms with van der Waals surface area (Å²) in [6, 6.07) is 13.0. The average molecular weight is 443 g/mol. The molecule has 0 aliphatic heterocycles. The maximum absolute atomic E-state index is 12.4. The lowest BCUT2D eigenvalue weighted by atomic mass is 10.1. The second kappa shape index (κ2) is 9.72. The standard InChI is InChI=1S/C21H19BrN2O4/c1-3-13(2)28-19-8-7-14(10-18(19)22)9-16(12-23)20(25)24-17-6-4-5-15(11-17)21(26)27/h4-11,13H,3H2,1-2H3,(H,24,25)(H,26,27)/b16-9-/t13-/m1/s1. The number of carbonyl (C=O) groups is 2. The van der Waals surface area contributed by atoms with E-state index in [4.69, 9.17) is 9.84 Å². The van der Waals surface area contributed by atoms with Gasteiger partial charge >= 0.3 is 5.97 Å². The van der Waals surface area contributed by atoms with E-state index in [-0.39, 0.29) is 17.2 Å². The van der Waals surface area contributed by atoms with Crippen molar-refractivity contribution < 1.29 is 19.4 Å². The van der Waals surface area contributed by atoms with Crippen molar-refractivity contribution in [3.05, 3.63) is 63.6 Å². The average Bonchev–Trinajstić information content (AvgIpc) is 2.67. The maximum Gasteiger partial charge on any atom is 0.335 e. The van der Waals surface area contributed by atoms with Crippen LogP contribution >= 0.6 is 15.9 Å². The van der Waals surface area contributed by atoms with Gasteiger partial charge in [0.15, 0.2) is 0 Å². The second-order valence-corrected chi connectivity index (χ2v) is 6.89. The molecule has 2 N–H and O–H groups in total. The summed E-state index contributed by atoms with van der Waals surface area (Å²) in [5, 5.41) is 20.9. The molecule has 144 valence electrons. The summed E-state index contributed by atoms with van der Waals surface area (Å²) >= 11 is 3.44. The largest absolute Gasteiger partial charge is 0.490 e. The van der Waals surface area contributed by atoms with Crippen molar-refractivity contribution >= 4 is 39.6 Å². The van der Waals surface area contributed by atoms with Crippen LogP contribution in [0.4, 0.5) is 5.69 Å². The molecule has 0 aromatic heterocycles. The van der Waals surface area contributed by atoms with E-state index >= 15 is 0 Å². The normalized spacial score (nSPS) is 12.0. The molecule has 2 rings (SSSR count). The van der Waals surface area contributed by atoms with Crippen LogP contribution in [0.3, 0.4) is 0 Å². The molecule has 0 saturated carbocycles. The fourth-order valence-electron chi connectivity index (χ4n) is 2.25. The van der Waals surface area contributed by atoms with Gasteiger partial charge in [0.2, 0.25) is 0 Å². The van der Waals surface area contributed by atoms with Crippen molar-refractivity contribution in [2.75, 3.05) is 5.32 Å². The molecule has 0 saturated heterocycles. The lowest BCUT2D eigenvalue weighted by Crippen LogP contribution is -2.14. The number of amides is 1. The Morgan fingerprint density at radius 3 is 2.68 bits per heavy atom. The van der Waals surface area contributed by atoms with E-state index in [1.165, 1.54) is 24.3 Å². The van der Waals surface area contributed by atoms with Crippen LogP contribution in [0.1, 0.15) is 36.2 Å². The van der Waals surface area contributed by atoms with Crippen LogP contribution in [-0.4, -0.2) is 23.1 Å². The van der Waals surface area contributed by atoms with Crippen molar-refractivity contribution in [2.24, 2.45) is 0 Å². The van der Waals surface area contributed by atoms with Gasteiger partial charge in [0, 0.05) is 5.69 Å². The highest BCUT2D eigenvalue weighted by molar-refractivity contribution is 9.10. The number of nitriles is 1.